The van der Waals surface area contributed by atoms with Crippen molar-refractivity contribution in [3.05, 3.63) is 57.5 Å². The molecule has 8 heteroatoms. The van der Waals surface area contributed by atoms with E-state index in [4.69, 9.17) is 29.6 Å². The number of halogens is 2. The van der Waals surface area contributed by atoms with Crippen molar-refractivity contribution in [1.29, 1.82) is 0 Å². The summed E-state index contributed by atoms with van der Waals surface area (Å²) in [4.78, 5) is 0.364. The molecule has 0 saturated heterocycles. The van der Waals surface area contributed by atoms with Gasteiger partial charge in [-0.2, -0.15) is 0 Å². The fraction of sp³-hybridized carbons (Fsp3) is 0. The molecule has 0 bridgehead atoms. The molecule has 0 radical (unpaired) electrons. The van der Waals surface area contributed by atoms with Gasteiger partial charge in [0.05, 0.1) is 9.92 Å². The average Bonchev–Trinajstić information content (AvgIpc) is 2.42. The quantitative estimate of drug-likeness (QED) is 0.763. The molecule has 0 unspecified atom stereocenters. The number of nitrogens with two attached hydrogens (primary N) is 1. The highest BCUT2D eigenvalue weighted by molar-refractivity contribution is 9.10. The van der Waals surface area contributed by atoms with E-state index in [9.17, 15) is 8.42 Å². The van der Waals surface area contributed by atoms with Crippen molar-refractivity contribution in [2.45, 2.75) is 4.90 Å². The fourth-order valence-corrected chi connectivity index (χ4v) is 3.43. The summed E-state index contributed by atoms with van der Waals surface area (Å²) >= 11 is 13.9. The van der Waals surface area contributed by atoms with Crippen LogP contribution in [0, 0.1) is 0 Å². The molecule has 0 aliphatic heterocycles. The zero-order valence-electron chi connectivity index (χ0n) is 10.5. The summed E-state index contributed by atoms with van der Waals surface area (Å²) < 4.78 is 27.5. The maximum atomic E-state index is 12.3. The largest absolute Gasteiger partial charge is 0.389 e. The summed E-state index contributed by atoms with van der Waals surface area (Å²) in [5, 5.41) is 0.440. The van der Waals surface area contributed by atoms with E-state index < -0.39 is 10.0 Å². The van der Waals surface area contributed by atoms with Gasteiger partial charge in [0, 0.05) is 15.7 Å². The van der Waals surface area contributed by atoms with E-state index in [1.165, 1.54) is 18.2 Å². The molecule has 4 nitrogen and oxygen atoms in total. The second kappa shape index (κ2) is 6.31. The Balaban J connectivity index is 2.28. The smallest absolute Gasteiger partial charge is 0.261 e. The average molecular weight is 406 g/mol. The van der Waals surface area contributed by atoms with Gasteiger partial charge < -0.3 is 5.73 Å². The van der Waals surface area contributed by atoms with Gasteiger partial charge in [-0.3, -0.25) is 4.72 Å². The van der Waals surface area contributed by atoms with Crippen LogP contribution in [0.3, 0.4) is 0 Å². The van der Waals surface area contributed by atoms with Gasteiger partial charge in [0.2, 0.25) is 0 Å². The fourth-order valence-electron chi connectivity index (χ4n) is 1.56. The van der Waals surface area contributed by atoms with Gasteiger partial charge in [-0.25, -0.2) is 8.42 Å². The first kappa shape index (κ1) is 16.2. The second-order valence-electron chi connectivity index (χ2n) is 4.12. The highest BCUT2D eigenvalue weighted by atomic mass is 79.9. The first-order valence-electron chi connectivity index (χ1n) is 5.67. The molecule has 110 valence electrons. The van der Waals surface area contributed by atoms with E-state index >= 15 is 0 Å². The first-order valence-corrected chi connectivity index (χ1v) is 8.73. The van der Waals surface area contributed by atoms with Crippen LogP contribution in [0.15, 0.2) is 51.8 Å². The van der Waals surface area contributed by atoms with Gasteiger partial charge in [-0.05, 0) is 58.4 Å². The molecule has 0 aliphatic carbocycles. The van der Waals surface area contributed by atoms with Gasteiger partial charge in [-0.1, -0.05) is 23.8 Å². The highest BCUT2D eigenvalue weighted by Gasteiger charge is 2.15. The number of sulfonamides is 1. The Morgan fingerprint density at radius 1 is 1.19 bits per heavy atom. The molecular formula is C13H10BrClN2O2S2. The van der Waals surface area contributed by atoms with Crippen LogP contribution in [0.5, 0.6) is 0 Å². The molecule has 2 rings (SSSR count). The van der Waals surface area contributed by atoms with Crippen molar-refractivity contribution in [1.82, 2.24) is 0 Å². The second-order valence-corrected chi connectivity index (χ2v) is 7.51. The predicted octanol–water partition coefficient (Wildman–Crippen LogP) is 3.54. The Bertz CT molecular complexity index is 792. The lowest BCUT2D eigenvalue weighted by Crippen LogP contribution is -2.13. The number of rotatable bonds is 4. The lowest BCUT2D eigenvalue weighted by atomic mass is 10.2. The number of hydrogen-bond donors (Lipinski definition) is 2. The third-order valence-electron chi connectivity index (χ3n) is 2.62. The molecule has 0 atom stereocenters. The lowest BCUT2D eigenvalue weighted by Gasteiger charge is -2.09. The van der Waals surface area contributed by atoms with Gasteiger partial charge in [0.25, 0.3) is 10.0 Å². The van der Waals surface area contributed by atoms with Crippen LogP contribution >= 0.6 is 39.7 Å². The molecule has 3 N–H and O–H groups in total. The number of nitrogens with one attached hydrogen (secondary N) is 1. The maximum absolute atomic E-state index is 12.3. The first-order chi connectivity index (χ1) is 9.79. The normalized spacial score (nSPS) is 11.1. The highest BCUT2D eigenvalue weighted by Crippen LogP contribution is 2.26. The lowest BCUT2D eigenvalue weighted by molar-refractivity contribution is 0.601. The van der Waals surface area contributed by atoms with Crippen LogP contribution in [0.4, 0.5) is 5.69 Å². The molecule has 0 heterocycles. The molecule has 0 aliphatic rings. The summed E-state index contributed by atoms with van der Waals surface area (Å²) in [5.74, 6) is 0. The van der Waals surface area contributed by atoms with Crippen molar-refractivity contribution in [2.75, 3.05) is 4.72 Å². The standard InChI is InChI=1S/C13H10BrClN2O2S2/c14-11-7-10(5-6-12(11)15)21(18,19)17-9-3-1-8(2-4-9)13(16)20/h1-7,17H,(H2,16,20). The monoisotopic (exact) mass is 404 g/mol. The third kappa shape index (κ3) is 3.94. The molecular weight excluding hydrogens is 396 g/mol. The van der Waals surface area contributed by atoms with E-state index in [0.29, 0.717) is 20.7 Å². The van der Waals surface area contributed by atoms with Crippen LogP contribution in [-0.2, 0) is 10.0 Å². The summed E-state index contributed by atoms with van der Waals surface area (Å²) in [5.41, 5.74) is 6.57. The van der Waals surface area contributed by atoms with Gasteiger partial charge in [0.15, 0.2) is 0 Å². The molecule has 0 fully saturated rings. The minimum absolute atomic E-state index is 0.109. The Hall–Kier alpha value is -1.15. The van der Waals surface area contributed by atoms with Crippen LogP contribution in [0.25, 0.3) is 0 Å². The Kier molecular flexibility index (Phi) is 4.88. The number of anilines is 1. The van der Waals surface area contributed by atoms with E-state index in [1.807, 2.05) is 0 Å². The van der Waals surface area contributed by atoms with Crippen LogP contribution < -0.4 is 10.5 Å². The van der Waals surface area contributed by atoms with E-state index in [-0.39, 0.29) is 9.88 Å². The van der Waals surface area contributed by atoms with Crippen molar-refractivity contribution >= 4 is 60.4 Å². The third-order valence-corrected chi connectivity index (χ3v) is 5.45. The van der Waals surface area contributed by atoms with Crippen LogP contribution in [0.2, 0.25) is 5.02 Å². The van der Waals surface area contributed by atoms with Crippen molar-refractivity contribution in [2.24, 2.45) is 5.73 Å². The number of thiocarbonyl (C=S) groups is 1. The molecule has 2 aromatic carbocycles. The van der Waals surface area contributed by atoms with Crippen LogP contribution in [-0.4, -0.2) is 13.4 Å². The molecule has 0 amide bonds. The zero-order chi connectivity index (χ0) is 15.6. The Labute approximate surface area is 141 Å². The minimum Gasteiger partial charge on any atom is -0.389 e. The summed E-state index contributed by atoms with van der Waals surface area (Å²) in [6.45, 7) is 0. The van der Waals surface area contributed by atoms with E-state index in [1.54, 1.807) is 24.3 Å². The predicted molar refractivity (Wildman–Crippen MR) is 92.3 cm³/mol. The summed E-state index contributed by atoms with van der Waals surface area (Å²) in [7, 11) is -3.69. The van der Waals surface area contributed by atoms with Gasteiger partial charge in [-0.15, -0.1) is 0 Å². The van der Waals surface area contributed by atoms with Gasteiger partial charge >= 0.3 is 0 Å². The summed E-state index contributed by atoms with van der Waals surface area (Å²) in [6, 6.07) is 10.9. The van der Waals surface area contributed by atoms with Crippen molar-refractivity contribution in [3.8, 4) is 0 Å². The SMILES string of the molecule is NC(=S)c1ccc(NS(=O)(=O)c2ccc(Cl)c(Br)c2)cc1. The molecule has 0 spiro atoms. The molecule has 21 heavy (non-hydrogen) atoms. The minimum atomic E-state index is -3.69. The van der Waals surface area contributed by atoms with E-state index in [0.717, 1.165) is 0 Å². The maximum Gasteiger partial charge on any atom is 0.261 e. The molecule has 0 saturated carbocycles. The Morgan fingerprint density at radius 3 is 2.33 bits per heavy atom. The van der Waals surface area contributed by atoms with Crippen molar-refractivity contribution < 1.29 is 8.42 Å². The molecule has 0 aromatic heterocycles. The number of benzene rings is 2. The topological polar surface area (TPSA) is 72.2 Å². The summed E-state index contributed by atoms with van der Waals surface area (Å²) in [6.07, 6.45) is 0. The number of hydrogen-bond acceptors (Lipinski definition) is 3. The molecule has 2 aromatic rings. The van der Waals surface area contributed by atoms with Crippen molar-refractivity contribution in [3.63, 3.8) is 0 Å². The Morgan fingerprint density at radius 2 is 1.81 bits per heavy atom. The van der Waals surface area contributed by atoms with Gasteiger partial charge in [0.1, 0.15) is 4.99 Å². The zero-order valence-corrected chi connectivity index (χ0v) is 14.5. The van der Waals surface area contributed by atoms with Crippen LogP contribution in [0.1, 0.15) is 5.56 Å². The van der Waals surface area contributed by atoms with E-state index in [2.05, 4.69) is 20.7 Å².